The minimum atomic E-state index is 0. The summed E-state index contributed by atoms with van der Waals surface area (Å²) in [5.41, 5.74) is 3.92. The Labute approximate surface area is 185 Å². The number of aromatic nitrogens is 1. The van der Waals surface area contributed by atoms with E-state index in [4.69, 9.17) is 4.52 Å². The van der Waals surface area contributed by atoms with Crippen LogP contribution in [-0.2, 0) is 19.5 Å². The largest absolute Gasteiger partial charge is 0.359 e. The van der Waals surface area contributed by atoms with E-state index in [2.05, 4.69) is 70.7 Å². The molecule has 1 aliphatic rings. The molecule has 1 aromatic carbocycles. The number of halogens is 1. The van der Waals surface area contributed by atoms with Gasteiger partial charge in [-0.3, -0.25) is 4.90 Å². The quantitative estimate of drug-likeness (QED) is 0.348. The highest BCUT2D eigenvalue weighted by Gasteiger charge is 2.15. The van der Waals surface area contributed by atoms with Crippen molar-refractivity contribution in [1.82, 2.24) is 20.7 Å². The number of fused-ring (bicyclic) bond motifs is 1. The monoisotopic (exact) mass is 497 g/mol. The molecule has 0 unspecified atom stereocenters. The van der Waals surface area contributed by atoms with Crippen molar-refractivity contribution in [3.05, 3.63) is 52.9 Å². The Hall–Kier alpha value is -1.61. The fraction of sp³-hybridized carbons (Fsp3) is 0.524. The Kier molecular flexibility index (Phi) is 9.24. The van der Waals surface area contributed by atoms with Gasteiger partial charge in [-0.1, -0.05) is 43.3 Å². The molecular formula is C21H32IN5O. The molecule has 0 fully saturated rings. The number of benzene rings is 1. The van der Waals surface area contributed by atoms with Gasteiger partial charge in [0, 0.05) is 38.8 Å². The number of guanidine groups is 1. The minimum Gasteiger partial charge on any atom is -0.359 e. The highest BCUT2D eigenvalue weighted by molar-refractivity contribution is 14.0. The summed E-state index contributed by atoms with van der Waals surface area (Å²) < 4.78 is 5.37. The first-order chi connectivity index (χ1) is 13.2. The molecule has 0 saturated heterocycles. The Morgan fingerprint density at radius 3 is 2.75 bits per heavy atom. The van der Waals surface area contributed by atoms with Crippen LogP contribution in [-0.4, -0.2) is 42.2 Å². The third kappa shape index (κ3) is 6.48. The van der Waals surface area contributed by atoms with Gasteiger partial charge in [0.2, 0.25) is 0 Å². The predicted molar refractivity (Wildman–Crippen MR) is 124 cm³/mol. The summed E-state index contributed by atoms with van der Waals surface area (Å²) in [5.74, 6) is 1.98. The first-order valence-electron chi connectivity index (χ1n) is 9.92. The van der Waals surface area contributed by atoms with E-state index in [-0.39, 0.29) is 24.0 Å². The molecule has 0 saturated carbocycles. The molecule has 0 aliphatic carbocycles. The third-order valence-corrected chi connectivity index (χ3v) is 4.84. The molecule has 0 bridgehead atoms. The van der Waals surface area contributed by atoms with Crippen LogP contribution >= 0.6 is 24.0 Å². The highest BCUT2D eigenvalue weighted by Crippen LogP contribution is 2.18. The Morgan fingerprint density at radius 2 is 2.04 bits per heavy atom. The van der Waals surface area contributed by atoms with E-state index in [1.54, 1.807) is 0 Å². The van der Waals surface area contributed by atoms with Crippen molar-refractivity contribution < 1.29 is 4.52 Å². The normalized spacial score (nSPS) is 14.5. The summed E-state index contributed by atoms with van der Waals surface area (Å²) >= 11 is 0. The number of hydrogen-bond donors (Lipinski definition) is 2. The smallest absolute Gasteiger partial charge is 0.191 e. The summed E-state index contributed by atoms with van der Waals surface area (Å²) in [4.78, 5) is 7.11. The molecule has 3 rings (SSSR count). The number of aliphatic imine (C=N–C) groups is 1. The molecule has 1 aromatic heterocycles. The maximum absolute atomic E-state index is 5.37. The maximum Gasteiger partial charge on any atom is 0.191 e. The fourth-order valence-corrected chi connectivity index (χ4v) is 3.25. The Balaban J connectivity index is 0.00000280. The second kappa shape index (κ2) is 11.4. The van der Waals surface area contributed by atoms with Gasteiger partial charge < -0.3 is 15.2 Å². The molecule has 0 amide bonds. The zero-order chi connectivity index (χ0) is 19.1. The zero-order valence-electron chi connectivity index (χ0n) is 17.1. The summed E-state index contributed by atoms with van der Waals surface area (Å²) in [5, 5.41) is 10.8. The second-order valence-corrected chi connectivity index (χ2v) is 7.29. The summed E-state index contributed by atoms with van der Waals surface area (Å²) in [6.45, 7) is 11.6. The zero-order valence-corrected chi connectivity index (χ0v) is 19.4. The molecule has 2 aromatic rings. The average Bonchev–Trinajstić information content (AvgIpc) is 3.15. The van der Waals surface area contributed by atoms with Crippen LogP contribution in [0.5, 0.6) is 0 Å². The van der Waals surface area contributed by atoms with E-state index in [9.17, 15) is 0 Å². The van der Waals surface area contributed by atoms with Gasteiger partial charge in [0.1, 0.15) is 6.54 Å². The molecule has 0 spiro atoms. The van der Waals surface area contributed by atoms with Gasteiger partial charge in [-0.05, 0) is 30.4 Å². The summed E-state index contributed by atoms with van der Waals surface area (Å²) in [7, 11) is 0. The van der Waals surface area contributed by atoms with Gasteiger partial charge in [-0.25, -0.2) is 4.99 Å². The van der Waals surface area contributed by atoms with Crippen molar-refractivity contribution in [2.45, 2.75) is 46.2 Å². The number of rotatable bonds is 7. The minimum absolute atomic E-state index is 0. The number of hydrogen-bond acceptors (Lipinski definition) is 4. The van der Waals surface area contributed by atoms with Crippen molar-refractivity contribution in [3.8, 4) is 0 Å². The van der Waals surface area contributed by atoms with Crippen molar-refractivity contribution in [3.63, 3.8) is 0 Å². The molecule has 0 radical (unpaired) electrons. The SMILES string of the molecule is CCNC(=NCc1cc(C(C)C)no1)NCCN1CCc2ccccc2C1.I. The highest BCUT2D eigenvalue weighted by atomic mass is 127. The predicted octanol–water partition coefficient (Wildman–Crippen LogP) is 3.53. The number of nitrogens with one attached hydrogen (secondary N) is 2. The molecule has 0 atom stereocenters. The third-order valence-electron chi connectivity index (χ3n) is 4.84. The molecule has 2 heterocycles. The summed E-state index contributed by atoms with van der Waals surface area (Å²) in [6, 6.07) is 10.7. The maximum atomic E-state index is 5.37. The molecular weight excluding hydrogens is 465 g/mol. The van der Waals surface area contributed by atoms with E-state index >= 15 is 0 Å². The topological polar surface area (TPSA) is 65.7 Å². The van der Waals surface area contributed by atoms with Crippen LogP contribution in [0.2, 0.25) is 0 Å². The summed E-state index contributed by atoms with van der Waals surface area (Å²) in [6.07, 6.45) is 1.13. The first kappa shape index (κ1) is 22.7. The molecule has 6 nitrogen and oxygen atoms in total. The second-order valence-electron chi connectivity index (χ2n) is 7.29. The molecule has 28 heavy (non-hydrogen) atoms. The van der Waals surface area contributed by atoms with Crippen molar-refractivity contribution in [1.29, 1.82) is 0 Å². The van der Waals surface area contributed by atoms with Crippen molar-refractivity contribution in [2.75, 3.05) is 26.2 Å². The first-order valence-corrected chi connectivity index (χ1v) is 9.92. The van der Waals surface area contributed by atoms with E-state index in [1.807, 2.05) is 6.07 Å². The van der Waals surface area contributed by atoms with Crippen LogP contribution in [0.3, 0.4) is 0 Å². The van der Waals surface area contributed by atoms with Crippen LogP contribution in [0.25, 0.3) is 0 Å². The van der Waals surface area contributed by atoms with Crippen molar-refractivity contribution >= 4 is 29.9 Å². The Bertz CT molecular complexity index is 759. The van der Waals surface area contributed by atoms with Crippen LogP contribution in [0.15, 0.2) is 39.8 Å². The number of nitrogens with zero attached hydrogens (tertiary/aromatic N) is 3. The van der Waals surface area contributed by atoms with Gasteiger partial charge in [0.05, 0.1) is 5.69 Å². The fourth-order valence-electron chi connectivity index (χ4n) is 3.25. The van der Waals surface area contributed by atoms with Gasteiger partial charge in [-0.2, -0.15) is 0 Å². The van der Waals surface area contributed by atoms with E-state index in [1.165, 1.54) is 11.1 Å². The molecule has 1 aliphatic heterocycles. The standard InChI is InChI=1S/C21H31N5O.HI/c1-4-22-21(24-14-19-13-20(16(2)3)25-27-19)23-10-12-26-11-9-17-7-5-6-8-18(17)15-26;/h5-8,13,16H,4,9-12,14-15H2,1-3H3,(H2,22,23,24);1H. The van der Waals surface area contributed by atoms with Gasteiger partial charge in [0.25, 0.3) is 0 Å². The van der Waals surface area contributed by atoms with Crippen molar-refractivity contribution in [2.24, 2.45) is 4.99 Å². The Morgan fingerprint density at radius 1 is 1.25 bits per heavy atom. The molecule has 7 heteroatoms. The average molecular weight is 497 g/mol. The lowest BCUT2D eigenvalue weighted by Gasteiger charge is -2.28. The van der Waals surface area contributed by atoms with Gasteiger partial charge in [-0.15, -0.1) is 24.0 Å². The van der Waals surface area contributed by atoms with E-state index in [0.29, 0.717) is 12.5 Å². The van der Waals surface area contributed by atoms with Crippen LogP contribution in [0.1, 0.15) is 49.3 Å². The van der Waals surface area contributed by atoms with Gasteiger partial charge >= 0.3 is 0 Å². The van der Waals surface area contributed by atoms with Gasteiger partial charge in [0.15, 0.2) is 11.7 Å². The van der Waals surface area contributed by atoms with Crippen LogP contribution < -0.4 is 10.6 Å². The molecule has 154 valence electrons. The van der Waals surface area contributed by atoms with E-state index < -0.39 is 0 Å². The van der Waals surface area contributed by atoms with Crippen LogP contribution in [0, 0.1) is 0 Å². The van der Waals surface area contributed by atoms with Crippen LogP contribution in [0.4, 0.5) is 0 Å². The lowest BCUT2D eigenvalue weighted by molar-refractivity contribution is 0.258. The van der Waals surface area contributed by atoms with E-state index in [0.717, 1.165) is 56.6 Å². The lowest BCUT2D eigenvalue weighted by Crippen LogP contribution is -2.42. The lowest BCUT2D eigenvalue weighted by atomic mass is 10.00. The molecule has 2 N–H and O–H groups in total.